The highest BCUT2D eigenvalue weighted by Gasteiger charge is 2.51. The number of hydrogen-bond acceptors (Lipinski definition) is 6. The van der Waals surface area contributed by atoms with Crippen LogP contribution in [0.5, 0.6) is 0 Å². The van der Waals surface area contributed by atoms with Crippen molar-refractivity contribution in [2.45, 2.75) is 25.4 Å². The van der Waals surface area contributed by atoms with E-state index in [0.29, 0.717) is 17.7 Å². The third kappa shape index (κ3) is 2.76. The van der Waals surface area contributed by atoms with E-state index in [-0.39, 0.29) is 24.2 Å². The SMILES string of the molecule is O=CN1CC2(C1)CN(Cc1ccc3c(c1)C(=O)N(C1CCC(=O)NC1=O)C3=O)C2. The second-order valence-corrected chi connectivity index (χ2v) is 8.48. The Kier molecular flexibility index (Phi) is 3.86. The Labute approximate surface area is 166 Å². The zero-order chi connectivity index (χ0) is 20.3. The summed E-state index contributed by atoms with van der Waals surface area (Å²) in [4.78, 5) is 64.8. The van der Waals surface area contributed by atoms with Gasteiger partial charge in [0.15, 0.2) is 0 Å². The molecule has 1 N–H and O–H groups in total. The number of carbonyl (C=O) groups is 5. The van der Waals surface area contributed by atoms with Crippen LogP contribution in [0.25, 0.3) is 0 Å². The molecule has 5 amide bonds. The van der Waals surface area contributed by atoms with Gasteiger partial charge in [-0.05, 0) is 24.1 Å². The van der Waals surface area contributed by atoms with Crippen LogP contribution >= 0.6 is 0 Å². The van der Waals surface area contributed by atoms with Gasteiger partial charge in [0.2, 0.25) is 18.2 Å². The minimum Gasteiger partial charge on any atom is -0.344 e. The van der Waals surface area contributed by atoms with Gasteiger partial charge in [-0.1, -0.05) is 6.07 Å². The average Bonchev–Trinajstić information content (AvgIpc) is 2.87. The van der Waals surface area contributed by atoms with Crippen molar-refractivity contribution < 1.29 is 24.0 Å². The van der Waals surface area contributed by atoms with Gasteiger partial charge in [-0.15, -0.1) is 0 Å². The lowest BCUT2D eigenvalue weighted by atomic mass is 9.73. The summed E-state index contributed by atoms with van der Waals surface area (Å²) < 4.78 is 0. The second-order valence-electron chi connectivity index (χ2n) is 8.48. The van der Waals surface area contributed by atoms with Gasteiger partial charge < -0.3 is 4.90 Å². The van der Waals surface area contributed by atoms with Gasteiger partial charge in [0.1, 0.15) is 6.04 Å². The van der Waals surface area contributed by atoms with Crippen molar-refractivity contribution in [1.82, 2.24) is 20.0 Å². The highest BCUT2D eigenvalue weighted by Crippen LogP contribution is 2.39. The Morgan fingerprint density at radius 3 is 2.45 bits per heavy atom. The number of benzene rings is 1. The summed E-state index contributed by atoms with van der Waals surface area (Å²) in [6, 6.07) is 4.26. The predicted octanol–water partition coefficient (Wildman–Crippen LogP) is -0.638. The molecule has 9 nitrogen and oxygen atoms in total. The molecule has 0 aliphatic carbocycles. The van der Waals surface area contributed by atoms with Crippen LogP contribution in [0.15, 0.2) is 18.2 Å². The average molecular weight is 396 g/mol. The van der Waals surface area contributed by atoms with Crippen LogP contribution in [0.3, 0.4) is 0 Å². The first-order chi connectivity index (χ1) is 13.9. The van der Waals surface area contributed by atoms with E-state index in [1.165, 1.54) is 0 Å². The van der Waals surface area contributed by atoms with E-state index in [1.807, 2.05) is 6.07 Å². The summed E-state index contributed by atoms with van der Waals surface area (Å²) in [5.74, 6) is -1.97. The van der Waals surface area contributed by atoms with Gasteiger partial charge >= 0.3 is 0 Å². The third-order valence-corrected chi connectivity index (χ3v) is 6.25. The van der Waals surface area contributed by atoms with E-state index in [4.69, 9.17) is 0 Å². The second kappa shape index (κ2) is 6.21. The quantitative estimate of drug-likeness (QED) is 0.536. The van der Waals surface area contributed by atoms with E-state index in [2.05, 4.69) is 10.2 Å². The molecule has 4 heterocycles. The fourth-order valence-corrected chi connectivity index (χ4v) is 4.98. The monoisotopic (exact) mass is 396 g/mol. The van der Waals surface area contributed by atoms with Gasteiger partial charge in [0.05, 0.1) is 11.1 Å². The molecule has 9 heteroatoms. The molecule has 1 aromatic rings. The maximum absolute atomic E-state index is 12.9. The molecular weight excluding hydrogens is 376 g/mol. The molecule has 0 radical (unpaired) electrons. The van der Waals surface area contributed by atoms with Crippen molar-refractivity contribution in [1.29, 1.82) is 0 Å². The Morgan fingerprint density at radius 1 is 1.03 bits per heavy atom. The molecule has 4 aliphatic heterocycles. The summed E-state index contributed by atoms with van der Waals surface area (Å²) in [5.41, 5.74) is 1.75. The molecule has 3 fully saturated rings. The molecule has 1 unspecified atom stereocenters. The number of fused-ring (bicyclic) bond motifs is 1. The van der Waals surface area contributed by atoms with Gasteiger partial charge in [0, 0.05) is 44.6 Å². The molecule has 1 spiro atoms. The number of nitrogens with zero attached hydrogens (tertiary/aromatic N) is 3. The smallest absolute Gasteiger partial charge is 0.262 e. The van der Waals surface area contributed by atoms with Gasteiger partial charge in [-0.3, -0.25) is 39.1 Å². The highest BCUT2D eigenvalue weighted by atomic mass is 16.2. The maximum atomic E-state index is 12.9. The van der Waals surface area contributed by atoms with Crippen molar-refractivity contribution in [3.8, 4) is 0 Å². The molecule has 4 aliphatic rings. The molecule has 0 bridgehead atoms. The Hall–Kier alpha value is -3.07. The number of hydrogen-bond donors (Lipinski definition) is 1. The Balaban J connectivity index is 1.28. The number of piperidine rings is 1. The van der Waals surface area contributed by atoms with Crippen molar-refractivity contribution in [2.75, 3.05) is 26.2 Å². The first kappa shape index (κ1) is 18.0. The van der Waals surface area contributed by atoms with E-state index < -0.39 is 23.8 Å². The first-order valence-corrected chi connectivity index (χ1v) is 9.65. The molecule has 1 atom stereocenters. The number of imide groups is 2. The van der Waals surface area contributed by atoms with Crippen LogP contribution in [-0.2, 0) is 20.9 Å². The number of amides is 5. The van der Waals surface area contributed by atoms with Crippen LogP contribution in [-0.4, -0.2) is 77.0 Å². The molecule has 3 saturated heterocycles. The van der Waals surface area contributed by atoms with Crippen LogP contribution in [0.4, 0.5) is 0 Å². The molecule has 29 heavy (non-hydrogen) atoms. The molecular formula is C20H20N4O5. The number of likely N-dealkylation sites (tertiary alicyclic amines) is 2. The van der Waals surface area contributed by atoms with Gasteiger partial charge in [-0.25, -0.2) is 0 Å². The summed E-state index contributed by atoms with van der Waals surface area (Å²) in [5, 5.41) is 2.20. The Bertz CT molecular complexity index is 960. The standard InChI is InChI=1S/C20H20N4O5/c25-11-23-9-20(10-23)7-22(8-20)6-12-1-2-13-14(5-12)19(29)24(18(13)28)15-3-4-16(26)21-17(15)27/h1-2,5,11,15H,3-4,6-10H2,(H,21,26,27). The molecule has 150 valence electrons. The fourth-order valence-electron chi connectivity index (χ4n) is 4.98. The number of rotatable bonds is 4. The molecule has 0 aromatic heterocycles. The van der Waals surface area contributed by atoms with E-state index in [0.717, 1.165) is 43.1 Å². The van der Waals surface area contributed by atoms with Gasteiger partial charge in [-0.2, -0.15) is 0 Å². The van der Waals surface area contributed by atoms with Crippen LogP contribution in [0.2, 0.25) is 0 Å². The topological polar surface area (TPSA) is 107 Å². The van der Waals surface area contributed by atoms with E-state index >= 15 is 0 Å². The number of carbonyl (C=O) groups excluding carboxylic acids is 5. The minimum absolute atomic E-state index is 0.104. The summed E-state index contributed by atoms with van der Waals surface area (Å²) in [7, 11) is 0. The summed E-state index contributed by atoms with van der Waals surface area (Å²) >= 11 is 0. The van der Waals surface area contributed by atoms with Crippen molar-refractivity contribution >= 4 is 30.0 Å². The van der Waals surface area contributed by atoms with Crippen molar-refractivity contribution in [3.63, 3.8) is 0 Å². The molecule has 0 saturated carbocycles. The van der Waals surface area contributed by atoms with Crippen molar-refractivity contribution in [2.24, 2.45) is 5.41 Å². The zero-order valence-corrected chi connectivity index (χ0v) is 15.7. The van der Waals surface area contributed by atoms with E-state index in [1.54, 1.807) is 17.0 Å². The lowest BCUT2D eigenvalue weighted by molar-refractivity contribution is -0.147. The Morgan fingerprint density at radius 2 is 1.76 bits per heavy atom. The minimum atomic E-state index is -0.946. The molecule has 5 rings (SSSR count). The summed E-state index contributed by atoms with van der Waals surface area (Å²) in [6.45, 7) is 4.07. The van der Waals surface area contributed by atoms with Crippen LogP contribution in [0, 0.1) is 5.41 Å². The largest absolute Gasteiger partial charge is 0.344 e. The third-order valence-electron chi connectivity index (χ3n) is 6.25. The predicted molar refractivity (Wildman–Crippen MR) is 98.5 cm³/mol. The summed E-state index contributed by atoms with van der Waals surface area (Å²) in [6.07, 6.45) is 1.13. The van der Waals surface area contributed by atoms with Crippen LogP contribution < -0.4 is 5.32 Å². The molecule has 1 aromatic carbocycles. The zero-order valence-electron chi connectivity index (χ0n) is 15.7. The lowest BCUT2D eigenvalue weighted by Gasteiger charge is -2.59. The van der Waals surface area contributed by atoms with E-state index in [9.17, 15) is 24.0 Å². The fraction of sp³-hybridized carbons (Fsp3) is 0.450. The number of nitrogens with one attached hydrogen (secondary N) is 1. The van der Waals surface area contributed by atoms with Gasteiger partial charge in [0.25, 0.3) is 11.8 Å². The lowest BCUT2D eigenvalue weighted by Crippen LogP contribution is -2.71. The normalized spacial score (nSPS) is 25.6. The maximum Gasteiger partial charge on any atom is 0.262 e. The van der Waals surface area contributed by atoms with Crippen LogP contribution in [0.1, 0.15) is 39.1 Å². The van der Waals surface area contributed by atoms with Crippen molar-refractivity contribution in [3.05, 3.63) is 34.9 Å². The highest BCUT2D eigenvalue weighted by molar-refractivity contribution is 6.23. The first-order valence-electron chi connectivity index (χ1n) is 9.65.